The van der Waals surface area contributed by atoms with Crippen LogP contribution in [0, 0.1) is 6.92 Å². The van der Waals surface area contributed by atoms with Crippen molar-refractivity contribution in [1.29, 1.82) is 0 Å². The van der Waals surface area contributed by atoms with Crippen molar-refractivity contribution in [1.82, 2.24) is 10.2 Å². The zero-order valence-corrected chi connectivity index (χ0v) is 9.60. The zero-order valence-electron chi connectivity index (χ0n) is 9.60. The molecule has 0 aliphatic rings. The average Bonchev–Trinajstić information content (AvgIpc) is 2.31. The summed E-state index contributed by atoms with van der Waals surface area (Å²) in [7, 11) is 0. The first kappa shape index (κ1) is 11.8. The monoisotopic (exact) mass is 245 g/mol. The van der Waals surface area contributed by atoms with Crippen molar-refractivity contribution in [2.45, 2.75) is 6.92 Å². The van der Waals surface area contributed by atoms with Crippen molar-refractivity contribution in [3.8, 4) is 0 Å². The molecule has 92 valence electrons. The van der Waals surface area contributed by atoms with E-state index in [0.29, 0.717) is 5.69 Å². The number of anilines is 2. The van der Waals surface area contributed by atoms with Crippen molar-refractivity contribution in [3.63, 3.8) is 0 Å². The second kappa shape index (κ2) is 4.70. The van der Waals surface area contributed by atoms with Gasteiger partial charge in [0.05, 0.1) is 0 Å². The normalized spacial score (nSPS) is 10.1. The molecule has 1 heterocycles. The number of carbonyl (C=O) groups is 1. The molecule has 2 rings (SSSR count). The summed E-state index contributed by atoms with van der Waals surface area (Å²) in [5.74, 6) is -1.10. The number of H-pyrrole nitrogens is 1. The summed E-state index contributed by atoms with van der Waals surface area (Å²) in [5.41, 5.74) is 1.01. The fourth-order valence-electron chi connectivity index (χ4n) is 1.52. The van der Waals surface area contributed by atoms with E-state index in [1.165, 1.54) is 0 Å². The minimum absolute atomic E-state index is 0.104. The van der Waals surface area contributed by atoms with Gasteiger partial charge in [-0.15, -0.1) is 0 Å². The molecule has 0 bridgehead atoms. The summed E-state index contributed by atoms with van der Waals surface area (Å²) >= 11 is 0. The highest BCUT2D eigenvalue weighted by Gasteiger charge is 2.12. The Bertz CT molecular complexity index is 649. The van der Waals surface area contributed by atoms with E-state index in [1.807, 2.05) is 25.1 Å². The standard InChI is InChI=1S/C12H11N3O3/c1-7-3-2-4-8(5-7)13-11-9(12(17)18)6-10(16)14-15-11/h2-6H,1H3,(H,13,15)(H,14,16)(H,17,18). The SMILES string of the molecule is Cc1cccc(Nc2n[nH]c(=O)cc2C(=O)O)c1. The number of nitrogens with one attached hydrogen (secondary N) is 2. The Balaban J connectivity index is 2.40. The number of nitrogens with zero attached hydrogens (tertiary/aromatic N) is 1. The molecular formula is C12H11N3O3. The maximum Gasteiger partial charge on any atom is 0.339 e. The van der Waals surface area contributed by atoms with E-state index in [2.05, 4.69) is 15.5 Å². The number of benzene rings is 1. The maximum absolute atomic E-state index is 11.0. The Labute approximate surface area is 102 Å². The van der Waals surface area contributed by atoms with E-state index in [9.17, 15) is 9.59 Å². The lowest BCUT2D eigenvalue weighted by Gasteiger charge is -2.07. The largest absolute Gasteiger partial charge is 0.478 e. The van der Waals surface area contributed by atoms with Crippen LogP contribution < -0.4 is 10.9 Å². The molecular weight excluding hydrogens is 234 g/mol. The smallest absolute Gasteiger partial charge is 0.339 e. The Morgan fingerprint density at radius 2 is 2.17 bits per heavy atom. The number of carboxylic acids is 1. The lowest BCUT2D eigenvalue weighted by atomic mass is 10.2. The Morgan fingerprint density at radius 3 is 2.83 bits per heavy atom. The average molecular weight is 245 g/mol. The van der Waals surface area contributed by atoms with Gasteiger partial charge >= 0.3 is 5.97 Å². The quantitative estimate of drug-likeness (QED) is 0.762. The van der Waals surface area contributed by atoms with Crippen LogP contribution in [-0.4, -0.2) is 21.3 Å². The molecule has 6 heteroatoms. The van der Waals surface area contributed by atoms with E-state index < -0.39 is 11.5 Å². The minimum Gasteiger partial charge on any atom is -0.478 e. The van der Waals surface area contributed by atoms with Crippen molar-refractivity contribution in [3.05, 3.63) is 51.8 Å². The van der Waals surface area contributed by atoms with E-state index in [-0.39, 0.29) is 11.4 Å². The lowest BCUT2D eigenvalue weighted by molar-refractivity contribution is 0.0697. The second-order valence-electron chi connectivity index (χ2n) is 3.79. The summed E-state index contributed by atoms with van der Waals surface area (Å²) in [5, 5.41) is 17.7. The summed E-state index contributed by atoms with van der Waals surface area (Å²) in [6.07, 6.45) is 0. The van der Waals surface area contributed by atoms with Gasteiger partial charge in [-0.05, 0) is 24.6 Å². The Morgan fingerprint density at radius 1 is 1.39 bits per heavy atom. The Hall–Kier alpha value is -2.63. The van der Waals surface area contributed by atoms with Crippen LogP contribution in [0.25, 0.3) is 0 Å². The van der Waals surface area contributed by atoms with Crippen LogP contribution in [0.1, 0.15) is 15.9 Å². The molecule has 1 aromatic carbocycles. The van der Waals surface area contributed by atoms with Gasteiger partial charge in [-0.2, -0.15) is 5.10 Å². The number of hydrogen-bond donors (Lipinski definition) is 3. The van der Waals surface area contributed by atoms with Crippen LogP contribution in [0.3, 0.4) is 0 Å². The van der Waals surface area contributed by atoms with Crippen molar-refractivity contribution >= 4 is 17.5 Å². The third-order valence-corrected chi connectivity index (χ3v) is 2.32. The lowest BCUT2D eigenvalue weighted by Crippen LogP contribution is -2.14. The van der Waals surface area contributed by atoms with Crippen LogP contribution in [0.2, 0.25) is 0 Å². The number of aromatic amines is 1. The molecule has 6 nitrogen and oxygen atoms in total. The summed E-state index contributed by atoms with van der Waals surface area (Å²) < 4.78 is 0. The van der Waals surface area contributed by atoms with Crippen LogP contribution >= 0.6 is 0 Å². The fraction of sp³-hybridized carbons (Fsp3) is 0.0833. The summed E-state index contributed by atoms with van der Waals surface area (Å²) in [6, 6.07) is 8.38. The number of hydrogen-bond acceptors (Lipinski definition) is 4. The third kappa shape index (κ3) is 2.54. The molecule has 18 heavy (non-hydrogen) atoms. The predicted octanol–water partition coefficient (Wildman–Crippen LogP) is 1.52. The first-order valence-corrected chi connectivity index (χ1v) is 5.23. The van der Waals surface area contributed by atoms with Gasteiger partial charge in [0.2, 0.25) is 0 Å². The zero-order chi connectivity index (χ0) is 13.1. The molecule has 0 unspecified atom stereocenters. The first-order chi connectivity index (χ1) is 8.56. The molecule has 0 radical (unpaired) electrons. The van der Waals surface area contributed by atoms with E-state index in [4.69, 9.17) is 5.11 Å². The molecule has 0 amide bonds. The number of rotatable bonds is 3. The van der Waals surface area contributed by atoms with Gasteiger partial charge in [0.25, 0.3) is 5.56 Å². The van der Waals surface area contributed by atoms with Gasteiger partial charge in [0.15, 0.2) is 5.82 Å². The minimum atomic E-state index is -1.20. The van der Waals surface area contributed by atoms with E-state index in [0.717, 1.165) is 11.6 Å². The van der Waals surface area contributed by atoms with Gasteiger partial charge in [-0.25, -0.2) is 9.89 Å². The fourth-order valence-corrected chi connectivity index (χ4v) is 1.52. The number of aromatic carboxylic acids is 1. The van der Waals surface area contributed by atoms with Crippen LogP contribution in [0.4, 0.5) is 11.5 Å². The topological polar surface area (TPSA) is 95.1 Å². The molecule has 0 aliphatic heterocycles. The predicted molar refractivity (Wildman–Crippen MR) is 66.3 cm³/mol. The van der Waals surface area contributed by atoms with E-state index in [1.54, 1.807) is 6.07 Å². The molecule has 2 aromatic rings. The van der Waals surface area contributed by atoms with Gasteiger partial charge in [-0.1, -0.05) is 12.1 Å². The maximum atomic E-state index is 11.0. The third-order valence-electron chi connectivity index (χ3n) is 2.32. The van der Waals surface area contributed by atoms with Crippen molar-refractivity contribution in [2.24, 2.45) is 0 Å². The molecule has 0 fully saturated rings. The number of aryl methyl sites for hydroxylation is 1. The number of carboxylic acid groups (broad SMARTS) is 1. The summed E-state index contributed by atoms with van der Waals surface area (Å²) in [6.45, 7) is 1.92. The van der Waals surface area contributed by atoms with Crippen molar-refractivity contribution < 1.29 is 9.90 Å². The van der Waals surface area contributed by atoms with Gasteiger partial charge in [-0.3, -0.25) is 4.79 Å². The molecule has 3 N–H and O–H groups in total. The molecule has 1 aromatic heterocycles. The van der Waals surface area contributed by atoms with E-state index >= 15 is 0 Å². The van der Waals surface area contributed by atoms with Gasteiger partial charge < -0.3 is 10.4 Å². The number of aromatic nitrogens is 2. The van der Waals surface area contributed by atoms with Crippen LogP contribution in [0.15, 0.2) is 35.1 Å². The second-order valence-corrected chi connectivity index (χ2v) is 3.79. The highest BCUT2D eigenvalue weighted by molar-refractivity contribution is 5.93. The first-order valence-electron chi connectivity index (χ1n) is 5.23. The van der Waals surface area contributed by atoms with Gasteiger partial charge in [0.1, 0.15) is 5.56 Å². The highest BCUT2D eigenvalue weighted by atomic mass is 16.4. The molecule has 0 aliphatic carbocycles. The highest BCUT2D eigenvalue weighted by Crippen LogP contribution is 2.17. The van der Waals surface area contributed by atoms with Gasteiger partial charge in [0, 0.05) is 11.8 Å². The molecule has 0 atom stereocenters. The van der Waals surface area contributed by atoms with Crippen LogP contribution in [-0.2, 0) is 0 Å². The summed E-state index contributed by atoms with van der Waals surface area (Å²) in [4.78, 5) is 22.0. The van der Waals surface area contributed by atoms with Crippen LogP contribution in [0.5, 0.6) is 0 Å². The molecule has 0 spiro atoms. The van der Waals surface area contributed by atoms with Crippen molar-refractivity contribution in [2.75, 3.05) is 5.32 Å². The molecule has 0 saturated heterocycles. The Kier molecular flexibility index (Phi) is 3.09. The molecule has 0 saturated carbocycles.